The predicted molar refractivity (Wildman–Crippen MR) is 270 cm³/mol. The maximum absolute atomic E-state index is 12.8. The fourth-order valence-corrected chi connectivity index (χ4v) is 8.75. The van der Waals surface area contributed by atoms with E-state index in [2.05, 4.69) is 27.7 Å². The lowest BCUT2D eigenvalue weighted by atomic mass is 10.0. The van der Waals surface area contributed by atoms with Crippen molar-refractivity contribution in [1.29, 1.82) is 0 Å². The number of esters is 3. The molecule has 0 aromatic carbocycles. The number of hydrogen-bond acceptors (Lipinski definition) is 6. The normalized spacial score (nSPS) is 12.0. The molecule has 0 heterocycles. The van der Waals surface area contributed by atoms with E-state index in [1.54, 1.807) is 0 Å². The molecule has 0 aromatic heterocycles. The molecule has 0 aliphatic rings. The van der Waals surface area contributed by atoms with Crippen LogP contribution in [0.2, 0.25) is 0 Å². The Morgan fingerprint density at radius 1 is 0.302 bits per heavy atom. The molecule has 63 heavy (non-hydrogen) atoms. The van der Waals surface area contributed by atoms with Crippen LogP contribution in [0, 0.1) is 5.92 Å². The molecule has 6 heteroatoms. The Kier molecular flexibility index (Phi) is 50.1. The van der Waals surface area contributed by atoms with Gasteiger partial charge in [-0.3, -0.25) is 14.4 Å². The Morgan fingerprint density at radius 3 is 0.778 bits per heavy atom. The third-order valence-corrected chi connectivity index (χ3v) is 13.0. The smallest absolute Gasteiger partial charge is 0.306 e. The fraction of sp³-hybridized carbons (Fsp3) is 0.947. The summed E-state index contributed by atoms with van der Waals surface area (Å²) in [6.07, 6.45) is 55.2. The molecular weight excluding hydrogens is 781 g/mol. The average molecular weight is 892 g/mol. The summed E-state index contributed by atoms with van der Waals surface area (Å²) in [5, 5.41) is 0. The molecule has 0 bridgehead atoms. The van der Waals surface area contributed by atoms with Crippen LogP contribution in [0.4, 0.5) is 0 Å². The Hall–Kier alpha value is -1.59. The Morgan fingerprint density at radius 2 is 0.524 bits per heavy atom. The largest absolute Gasteiger partial charge is 0.462 e. The summed E-state index contributed by atoms with van der Waals surface area (Å²) < 4.78 is 16.9. The zero-order valence-corrected chi connectivity index (χ0v) is 43.0. The van der Waals surface area contributed by atoms with Crippen molar-refractivity contribution in [2.45, 2.75) is 329 Å². The molecule has 0 amide bonds. The van der Waals surface area contributed by atoms with E-state index in [0.717, 1.165) is 63.7 Å². The number of unbranched alkanes of at least 4 members (excludes halogenated alkanes) is 39. The van der Waals surface area contributed by atoms with Gasteiger partial charge in [0.2, 0.25) is 0 Å². The number of rotatable bonds is 52. The highest BCUT2D eigenvalue weighted by Gasteiger charge is 2.19. The lowest BCUT2D eigenvalue weighted by molar-refractivity contribution is -0.167. The van der Waals surface area contributed by atoms with E-state index < -0.39 is 6.10 Å². The van der Waals surface area contributed by atoms with E-state index in [4.69, 9.17) is 14.2 Å². The van der Waals surface area contributed by atoms with Crippen LogP contribution in [-0.2, 0) is 28.6 Å². The van der Waals surface area contributed by atoms with Gasteiger partial charge in [0.25, 0.3) is 0 Å². The topological polar surface area (TPSA) is 78.9 Å². The van der Waals surface area contributed by atoms with Gasteiger partial charge in [-0.15, -0.1) is 0 Å². The number of carbonyl (C=O) groups is 3. The van der Waals surface area contributed by atoms with Gasteiger partial charge in [-0.1, -0.05) is 285 Å². The van der Waals surface area contributed by atoms with Crippen LogP contribution in [0.25, 0.3) is 0 Å². The summed E-state index contributed by atoms with van der Waals surface area (Å²) in [6, 6.07) is 0. The SMILES string of the molecule is CCCCCCCCCCCCCCCCCCCC(=O)O[C@@H](COC(=O)CCCCCCCCCCCCCCC)COC(=O)CCCCCCCCCCCCCCC(C)C. The molecule has 6 nitrogen and oxygen atoms in total. The van der Waals surface area contributed by atoms with Crippen molar-refractivity contribution in [3.63, 3.8) is 0 Å². The van der Waals surface area contributed by atoms with E-state index in [0.29, 0.717) is 19.3 Å². The minimum absolute atomic E-state index is 0.0620. The van der Waals surface area contributed by atoms with E-state index in [1.807, 2.05) is 0 Å². The third-order valence-electron chi connectivity index (χ3n) is 13.0. The lowest BCUT2D eigenvalue weighted by Crippen LogP contribution is -2.30. The summed E-state index contributed by atoms with van der Waals surface area (Å²) in [5.41, 5.74) is 0. The first-order valence-electron chi connectivity index (χ1n) is 28.4. The average Bonchev–Trinajstić information content (AvgIpc) is 3.27. The van der Waals surface area contributed by atoms with Crippen LogP contribution in [-0.4, -0.2) is 37.2 Å². The van der Waals surface area contributed by atoms with Crippen molar-refractivity contribution in [1.82, 2.24) is 0 Å². The van der Waals surface area contributed by atoms with Gasteiger partial charge >= 0.3 is 17.9 Å². The molecule has 374 valence electrons. The summed E-state index contributed by atoms with van der Waals surface area (Å²) in [4.78, 5) is 38.1. The van der Waals surface area contributed by atoms with Gasteiger partial charge in [-0.25, -0.2) is 0 Å². The summed E-state index contributed by atoms with van der Waals surface area (Å²) in [6.45, 7) is 9.05. The van der Waals surface area contributed by atoms with Gasteiger partial charge in [0.1, 0.15) is 13.2 Å². The highest BCUT2D eigenvalue weighted by molar-refractivity contribution is 5.71. The Labute approximate surface area is 393 Å². The molecular formula is C57H110O6. The Bertz CT molecular complexity index is 949. The molecule has 0 N–H and O–H groups in total. The minimum Gasteiger partial charge on any atom is -0.462 e. The van der Waals surface area contributed by atoms with Gasteiger partial charge in [0, 0.05) is 19.3 Å². The molecule has 1 atom stereocenters. The monoisotopic (exact) mass is 891 g/mol. The molecule has 0 aliphatic heterocycles. The van der Waals surface area contributed by atoms with Crippen LogP contribution in [0.15, 0.2) is 0 Å². The third kappa shape index (κ3) is 51.3. The van der Waals surface area contributed by atoms with Crippen molar-refractivity contribution >= 4 is 17.9 Å². The standard InChI is InChI=1S/C57H110O6/c1-5-7-9-11-13-15-17-19-20-21-22-24-30-34-38-42-46-50-57(60)63-54(51-61-55(58)48-44-40-36-32-28-23-18-16-14-12-10-8-6-2)52-62-56(59)49-45-41-37-33-29-26-25-27-31-35-39-43-47-53(3)4/h53-54H,5-52H2,1-4H3/t54-/m0/s1. The van der Waals surface area contributed by atoms with Gasteiger partial charge in [0.15, 0.2) is 6.10 Å². The van der Waals surface area contributed by atoms with Gasteiger partial charge in [-0.2, -0.15) is 0 Å². The zero-order valence-electron chi connectivity index (χ0n) is 43.0. The van der Waals surface area contributed by atoms with Crippen molar-refractivity contribution in [3.8, 4) is 0 Å². The molecule has 0 rings (SSSR count). The zero-order chi connectivity index (χ0) is 45.9. The van der Waals surface area contributed by atoms with E-state index in [-0.39, 0.29) is 31.1 Å². The van der Waals surface area contributed by atoms with Crippen LogP contribution < -0.4 is 0 Å². The summed E-state index contributed by atoms with van der Waals surface area (Å²) in [5.74, 6) is -0.00291. The number of hydrogen-bond donors (Lipinski definition) is 0. The van der Waals surface area contributed by atoms with Gasteiger partial charge in [0.05, 0.1) is 0 Å². The van der Waals surface area contributed by atoms with Gasteiger partial charge in [-0.05, 0) is 25.2 Å². The van der Waals surface area contributed by atoms with Crippen LogP contribution in [0.3, 0.4) is 0 Å². The predicted octanol–water partition coefficient (Wildman–Crippen LogP) is 18.6. The molecule has 0 saturated carbocycles. The van der Waals surface area contributed by atoms with E-state index in [1.165, 1.54) is 218 Å². The summed E-state index contributed by atoms with van der Waals surface area (Å²) in [7, 11) is 0. The van der Waals surface area contributed by atoms with Crippen LogP contribution in [0.5, 0.6) is 0 Å². The minimum atomic E-state index is -0.761. The highest BCUT2D eigenvalue weighted by atomic mass is 16.6. The van der Waals surface area contributed by atoms with Crippen molar-refractivity contribution in [2.75, 3.05) is 13.2 Å². The number of ether oxygens (including phenoxy) is 3. The maximum atomic E-state index is 12.8. The molecule has 0 aromatic rings. The number of carbonyl (C=O) groups excluding carboxylic acids is 3. The fourth-order valence-electron chi connectivity index (χ4n) is 8.75. The first kappa shape index (κ1) is 61.4. The first-order chi connectivity index (χ1) is 30.9. The second-order valence-electron chi connectivity index (χ2n) is 20.1. The lowest BCUT2D eigenvalue weighted by Gasteiger charge is -2.18. The van der Waals surface area contributed by atoms with Gasteiger partial charge < -0.3 is 14.2 Å². The van der Waals surface area contributed by atoms with E-state index >= 15 is 0 Å². The first-order valence-corrected chi connectivity index (χ1v) is 28.4. The molecule has 0 radical (unpaired) electrons. The molecule has 0 unspecified atom stereocenters. The highest BCUT2D eigenvalue weighted by Crippen LogP contribution is 2.18. The Balaban J connectivity index is 4.29. The summed E-state index contributed by atoms with van der Waals surface area (Å²) >= 11 is 0. The van der Waals surface area contributed by atoms with Crippen molar-refractivity contribution < 1.29 is 28.6 Å². The van der Waals surface area contributed by atoms with Crippen LogP contribution >= 0.6 is 0 Å². The molecule has 0 spiro atoms. The van der Waals surface area contributed by atoms with Crippen molar-refractivity contribution in [2.24, 2.45) is 5.92 Å². The molecule has 0 aliphatic carbocycles. The maximum Gasteiger partial charge on any atom is 0.306 e. The van der Waals surface area contributed by atoms with Crippen LogP contribution in [0.1, 0.15) is 323 Å². The molecule has 0 saturated heterocycles. The quantitative estimate of drug-likeness (QED) is 0.0344. The molecule has 0 fully saturated rings. The van der Waals surface area contributed by atoms with Crippen molar-refractivity contribution in [3.05, 3.63) is 0 Å². The second kappa shape index (κ2) is 51.4. The van der Waals surface area contributed by atoms with E-state index in [9.17, 15) is 14.4 Å². The second-order valence-corrected chi connectivity index (χ2v) is 20.1.